The topological polar surface area (TPSA) is 35.5 Å². The molecule has 0 radical (unpaired) electrons. The van der Waals surface area contributed by atoms with Crippen LogP contribution in [0.5, 0.6) is 0 Å². The minimum absolute atomic E-state index is 0.410. The van der Waals surface area contributed by atoms with Crippen LogP contribution in [0.4, 0.5) is 0 Å². The maximum atomic E-state index is 12.0. The van der Waals surface area contributed by atoms with Crippen LogP contribution in [0.15, 0.2) is 11.4 Å². The summed E-state index contributed by atoms with van der Waals surface area (Å²) in [6.07, 6.45) is 1.98. The highest BCUT2D eigenvalue weighted by molar-refractivity contribution is 7.57. The normalized spacial score (nSPS) is 13.3. The number of allylic oxidation sites excluding steroid dienone is 1. The molecule has 0 fully saturated rings. The molecule has 4 heteroatoms. The van der Waals surface area contributed by atoms with Crippen LogP contribution >= 0.6 is 7.60 Å². The van der Waals surface area contributed by atoms with E-state index in [1.165, 1.54) is 0 Å². The number of rotatable bonds is 7. The van der Waals surface area contributed by atoms with Gasteiger partial charge in [0.25, 0.3) is 0 Å². The van der Waals surface area contributed by atoms with Gasteiger partial charge in [-0.1, -0.05) is 18.9 Å². The second-order valence-corrected chi connectivity index (χ2v) is 4.96. The maximum Gasteiger partial charge on any atom is 0.354 e. The average Bonchev–Trinajstić information content (AvgIpc) is 2.04. The van der Waals surface area contributed by atoms with Crippen molar-refractivity contribution in [3.8, 4) is 0 Å². The molecule has 0 aromatic rings. The van der Waals surface area contributed by atoms with Crippen molar-refractivity contribution in [3.05, 3.63) is 11.4 Å². The van der Waals surface area contributed by atoms with E-state index in [4.69, 9.17) is 9.05 Å². The summed E-state index contributed by atoms with van der Waals surface area (Å²) in [7, 11) is -2.97. The van der Waals surface area contributed by atoms with E-state index in [1.807, 2.05) is 20.8 Å². The molecule has 0 amide bonds. The van der Waals surface area contributed by atoms with E-state index in [0.717, 1.165) is 18.4 Å². The van der Waals surface area contributed by atoms with Crippen LogP contribution in [-0.2, 0) is 13.6 Å². The summed E-state index contributed by atoms with van der Waals surface area (Å²) < 4.78 is 22.3. The van der Waals surface area contributed by atoms with Crippen molar-refractivity contribution in [2.24, 2.45) is 0 Å². The molecule has 14 heavy (non-hydrogen) atoms. The highest BCUT2D eigenvalue weighted by Gasteiger charge is 2.19. The second kappa shape index (κ2) is 7.22. The van der Waals surface area contributed by atoms with Gasteiger partial charge in [-0.2, -0.15) is 0 Å². The van der Waals surface area contributed by atoms with Crippen LogP contribution in [-0.4, -0.2) is 13.2 Å². The molecular weight excluding hydrogens is 199 g/mol. The first-order valence-corrected chi connectivity index (χ1v) is 6.76. The van der Waals surface area contributed by atoms with Crippen molar-refractivity contribution in [1.82, 2.24) is 0 Å². The minimum atomic E-state index is -2.97. The largest absolute Gasteiger partial charge is 0.354 e. The lowest BCUT2D eigenvalue weighted by Crippen LogP contribution is -1.93. The number of hydrogen-bond donors (Lipinski definition) is 0. The Morgan fingerprint density at radius 2 is 1.71 bits per heavy atom. The first-order valence-electron chi connectivity index (χ1n) is 5.15. The lowest BCUT2D eigenvalue weighted by atomic mass is 10.2. The molecule has 0 aliphatic rings. The summed E-state index contributed by atoms with van der Waals surface area (Å²) in [5.41, 5.74) is 1.07. The van der Waals surface area contributed by atoms with Gasteiger partial charge < -0.3 is 9.05 Å². The molecule has 0 spiro atoms. The minimum Gasteiger partial charge on any atom is -0.306 e. The summed E-state index contributed by atoms with van der Waals surface area (Å²) in [6, 6.07) is 0. The molecule has 0 aliphatic heterocycles. The Morgan fingerprint density at radius 1 is 1.21 bits per heavy atom. The zero-order valence-corrected chi connectivity index (χ0v) is 10.5. The molecule has 0 aromatic heterocycles. The lowest BCUT2D eigenvalue weighted by molar-refractivity contribution is 0.228. The third-order valence-corrected chi connectivity index (χ3v) is 3.63. The van der Waals surface area contributed by atoms with Crippen molar-refractivity contribution in [2.45, 2.75) is 40.5 Å². The molecule has 0 saturated carbocycles. The average molecular weight is 220 g/mol. The van der Waals surface area contributed by atoms with Crippen LogP contribution < -0.4 is 0 Å². The molecule has 0 N–H and O–H groups in total. The SMILES string of the molecule is CCC/C(C)=C\P(=O)(OCC)OCC. The van der Waals surface area contributed by atoms with E-state index >= 15 is 0 Å². The van der Waals surface area contributed by atoms with E-state index in [9.17, 15) is 4.57 Å². The highest BCUT2D eigenvalue weighted by atomic mass is 31.2. The van der Waals surface area contributed by atoms with Gasteiger partial charge in [-0.05, 0) is 27.2 Å². The highest BCUT2D eigenvalue weighted by Crippen LogP contribution is 2.50. The van der Waals surface area contributed by atoms with Crippen LogP contribution in [0.25, 0.3) is 0 Å². The quantitative estimate of drug-likeness (QED) is 0.609. The molecule has 0 heterocycles. The van der Waals surface area contributed by atoms with E-state index in [0.29, 0.717) is 13.2 Å². The fourth-order valence-electron chi connectivity index (χ4n) is 1.20. The molecule has 0 unspecified atom stereocenters. The van der Waals surface area contributed by atoms with Gasteiger partial charge in [-0.25, -0.2) is 0 Å². The molecule has 0 bridgehead atoms. The van der Waals surface area contributed by atoms with Crippen LogP contribution in [0.2, 0.25) is 0 Å². The van der Waals surface area contributed by atoms with Crippen LogP contribution in [0.1, 0.15) is 40.5 Å². The van der Waals surface area contributed by atoms with E-state index in [2.05, 4.69) is 6.92 Å². The maximum absolute atomic E-state index is 12.0. The first-order chi connectivity index (χ1) is 6.58. The molecule has 0 aliphatic carbocycles. The summed E-state index contributed by atoms with van der Waals surface area (Å²) >= 11 is 0. The molecule has 0 aromatic carbocycles. The standard InChI is InChI=1S/C10H21O3P/c1-5-8-10(4)9-14(11,12-6-2)13-7-3/h9H,5-8H2,1-4H3/b10-9-. The molecule has 84 valence electrons. The van der Waals surface area contributed by atoms with Gasteiger partial charge in [-0.15, -0.1) is 0 Å². The van der Waals surface area contributed by atoms with Gasteiger partial charge in [0, 0.05) is 5.82 Å². The third kappa shape index (κ3) is 5.58. The smallest absolute Gasteiger partial charge is 0.306 e. The Labute approximate surface area is 87.0 Å². The van der Waals surface area contributed by atoms with Gasteiger partial charge in [0.05, 0.1) is 13.2 Å². The Bertz CT molecular complexity index is 213. The van der Waals surface area contributed by atoms with Crippen molar-refractivity contribution < 1.29 is 13.6 Å². The van der Waals surface area contributed by atoms with Crippen molar-refractivity contribution >= 4 is 7.60 Å². The third-order valence-electron chi connectivity index (χ3n) is 1.64. The monoisotopic (exact) mass is 220 g/mol. The molecule has 0 atom stereocenters. The van der Waals surface area contributed by atoms with E-state index < -0.39 is 7.60 Å². The Hall–Kier alpha value is -0.110. The van der Waals surface area contributed by atoms with Gasteiger partial charge in [0.15, 0.2) is 0 Å². The Balaban J connectivity index is 4.48. The zero-order valence-electron chi connectivity index (χ0n) is 9.58. The Kier molecular flexibility index (Phi) is 7.16. The van der Waals surface area contributed by atoms with Crippen LogP contribution in [0, 0.1) is 0 Å². The summed E-state index contributed by atoms with van der Waals surface area (Å²) in [6.45, 7) is 8.49. The molecule has 0 rings (SSSR count). The second-order valence-electron chi connectivity index (χ2n) is 3.10. The molecular formula is C10H21O3P. The lowest BCUT2D eigenvalue weighted by Gasteiger charge is -2.13. The summed E-state index contributed by atoms with van der Waals surface area (Å²) in [4.78, 5) is 0. The predicted octanol–water partition coefficient (Wildman–Crippen LogP) is 3.96. The van der Waals surface area contributed by atoms with Crippen molar-refractivity contribution in [3.63, 3.8) is 0 Å². The van der Waals surface area contributed by atoms with Crippen LogP contribution in [0.3, 0.4) is 0 Å². The fourth-order valence-corrected chi connectivity index (χ4v) is 2.81. The van der Waals surface area contributed by atoms with Crippen molar-refractivity contribution in [2.75, 3.05) is 13.2 Å². The van der Waals surface area contributed by atoms with Gasteiger partial charge >= 0.3 is 7.60 Å². The van der Waals surface area contributed by atoms with E-state index in [-0.39, 0.29) is 0 Å². The van der Waals surface area contributed by atoms with Gasteiger partial charge in [0.2, 0.25) is 0 Å². The summed E-state index contributed by atoms with van der Waals surface area (Å²) in [5.74, 6) is 1.64. The predicted molar refractivity (Wildman–Crippen MR) is 59.5 cm³/mol. The van der Waals surface area contributed by atoms with Crippen molar-refractivity contribution in [1.29, 1.82) is 0 Å². The Morgan fingerprint density at radius 3 is 2.07 bits per heavy atom. The van der Waals surface area contributed by atoms with Gasteiger partial charge in [-0.3, -0.25) is 4.57 Å². The summed E-state index contributed by atoms with van der Waals surface area (Å²) in [5, 5.41) is 0. The first kappa shape index (κ1) is 13.9. The number of hydrogen-bond acceptors (Lipinski definition) is 3. The fraction of sp³-hybridized carbons (Fsp3) is 0.800. The van der Waals surface area contributed by atoms with Gasteiger partial charge in [0.1, 0.15) is 0 Å². The molecule has 0 saturated heterocycles. The molecule has 3 nitrogen and oxygen atoms in total. The van der Waals surface area contributed by atoms with E-state index in [1.54, 1.807) is 5.82 Å². The zero-order chi connectivity index (χ0) is 11.0.